The predicted octanol–water partition coefficient (Wildman–Crippen LogP) is 4.86. The summed E-state index contributed by atoms with van der Waals surface area (Å²) in [6.45, 7) is 6.51. The van der Waals surface area contributed by atoms with Crippen LogP contribution in [0.1, 0.15) is 65.7 Å². The van der Waals surface area contributed by atoms with Gasteiger partial charge in [0.05, 0.1) is 37.0 Å². The Hall–Kier alpha value is -1.86. The van der Waals surface area contributed by atoms with Crippen LogP contribution in [0.25, 0.3) is 0 Å². The van der Waals surface area contributed by atoms with Gasteiger partial charge in [0.2, 0.25) is 0 Å². The topological polar surface area (TPSA) is 91.0 Å². The van der Waals surface area contributed by atoms with Gasteiger partial charge in [0.25, 0.3) is 0 Å². The minimum Gasteiger partial charge on any atom is -0.496 e. The number of nitrogens with two attached hydrogens (primary N) is 1. The maximum Gasteiger partial charge on any atom is 0.306 e. The first-order chi connectivity index (χ1) is 14.4. The summed E-state index contributed by atoms with van der Waals surface area (Å²) < 4.78 is 30.4. The molecular weight excluding hydrogens is 389 g/mol. The zero-order valence-corrected chi connectivity index (χ0v) is 18.6. The minimum atomic E-state index is -0.758. The van der Waals surface area contributed by atoms with Crippen molar-refractivity contribution in [2.24, 2.45) is 11.7 Å². The molecule has 0 aliphatic heterocycles. The molecule has 0 heterocycles. The van der Waals surface area contributed by atoms with Gasteiger partial charge in [-0.05, 0) is 64.9 Å². The Bertz CT molecular complexity index is 602. The molecule has 3 atom stereocenters. The average molecular weight is 428 g/mol. The number of hydrogen-bond acceptors (Lipinski definition) is 5. The van der Waals surface area contributed by atoms with E-state index >= 15 is 0 Å². The molecule has 1 aliphatic carbocycles. The van der Waals surface area contributed by atoms with Crippen molar-refractivity contribution < 1.29 is 28.5 Å². The molecule has 7 heteroatoms. The van der Waals surface area contributed by atoms with Crippen LogP contribution in [0.3, 0.4) is 0 Å². The molecule has 0 bridgehead atoms. The van der Waals surface area contributed by atoms with Crippen molar-refractivity contribution in [2.45, 2.75) is 77.9 Å². The molecule has 172 valence electrons. The third-order valence-corrected chi connectivity index (χ3v) is 5.32. The van der Waals surface area contributed by atoms with E-state index in [0.29, 0.717) is 50.5 Å². The molecule has 0 spiro atoms. The van der Waals surface area contributed by atoms with E-state index in [1.54, 1.807) is 19.9 Å². The van der Waals surface area contributed by atoms with Crippen molar-refractivity contribution in [1.82, 2.24) is 0 Å². The third-order valence-electron chi connectivity index (χ3n) is 5.32. The lowest BCUT2D eigenvalue weighted by molar-refractivity contribution is -0.143. The Morgan fingerprint density at radius 1 is 1.27 bits per heavy atom. The highest BCUT2D eigenvalue weighted by Crippen LogP contribution is 2.24. The van der Waals surface area contributed by atoms with Gasteiger partial charge in [-0.25, -0.2) is 4.39 Å². The number of ether oxygens (including phenoxy) is 3. The van der Waals surface area contributed by atoms with E-state index in [9.17, 15) is 9.18 Å². The molecule has 3 N–H and O–H groups in total. The molecule has 1 saturated carbocycles. The fourth-order valence-electron chi connectivity index (χ4n) is 3.26. The van der Waals surface area contributed by atoms with Gasteiger partial charge in [-0.1, -0.05) is 19.1 Å². The Morgan fingerprint density at radius 3 is 2.60 bits per heavy atom. The second kappa shape index (κ2) is 15.0. The minimum absolute atomic E-state index is 0.0725. The summed E-state index contributed by atoms with van der Waals surface area (Å²) in [7, 11) is 0. The second-order valence-electron chi connectivity index (χ2n) is 7.62. The van der Waals surface area contributed by atoms with Crippen molar-refractivity contribution in [3.63, 3.8) is 0 Å². The quantitative estimate of drug-likeness (QED) is 0.234. The molecule has 0 aromatic heterocycles. The van der Waals surface area contributed by atoms with E-state index in [1.165, 1.54) is 12.2 Å². The Balaban J connectivity index is 2.30. The van der Waals surface area contributed by atoms with Crippen molar-refractivity contribution >= 4 is 5.97 Å². The molecule has 3 unspecified atom stereocenters. The summed E-state index contributed by atoms with van der Waals surface area (Å²) in [5.41, 5.74) is 6.62. The van der Waals surface area contributed by atoms with Crippen LogP contribution in [0, 0.1) is 5.92 Å². The van der Waals surface area contributed by atoms with E-state index in [-0.39, 0.29) is 24.0 Å². The van der Waals surface area contributed by atoms with E-state index < -0.39 is 5.97 Å². The zero-order valence-electron chi connectivity index (χ0n) is 18.6. The number of hydrogen-bond donors (Lipinski definition) is 2. The largest absolute Gasteiger partial charge is 0.496 e. The SMILES string of the molecule is C/C=C(F)\C=C/CCO/C(C)=C(\N)COC1CCCC(OCCC(CC)C(=O)O)C1. The number of allylic oxidation sites excluding steroid dienone is 4. The van der Waals surface area contributed by atoms with Gasteiger partial charge in [-0.15, -0.1) is 0 Å². The van der Waals surface area contributed by atoms with E-state index in [2.05, 4.69) is 0 Å². The van der Waals surface area contributed by atoms with Crippen LogP contribution >= 0.6 is 0 Å². The van der Waals surface area contributed by atoms with Gasteiger partial charge >= 0.3 is 5.97 Å². The Labute approximate surface area is 179 Å². The molecule has 0 aromatic carbocycles. The summed E-state index contributed by atoms with van der Waals surface area (Å²) in [5, 5.41) is 9.11. The highest BCUT2D eigenvalue weighted by atomic mass is 19.1. The maximum absolute atomic E-state index is 13.0. The van der Waals surface area contributed by atoms with Gasteiger partial charge in [-0.2, -0.15) is 0 Å². The zero-order chi connectivity index (χ0) is 22.4. The van der Waals surface area contributed by atoms with Crippen LogP contribution in [0.2, 0.25) is 0 Å². The summed E-state index contributed by atoms with van der Waals surface area (Å²) >= 11 is 0. The van der Waals surface area contributed by atoms with Crippen molar-refractivity contribution in [1.29, 1.82) is 0 Å². The molecule has 6 nitrogen and oxygen atoms in total. The number of halogens is 1. The van der Waals surface area contributed by atoms with Crippen molar-refractivity contribution in [3.05, 3.63) is 35.5 Å². The molecule has 1 rings (SSSR count). The second-order valence-corrected chi connectivity index (χ2v) is 7.62. The number of rotatable bonds is 14. The van der Waals surface area contributed by atoms with Gasteiger partial charge < -0.3 is 25.1 Å². The lowest BCUT2D eigenvalue weighted by Crippen LogP contribution is -2.30. The van der Waals surface area contributed by atoms with Crippen LogP contribution < -0.4 is 5.73 Å². The maximum atomic E-state index is 13.0. The number of carboxylic acid groups (broad SMARTS) is 1. The summed E-state index contributed by atoms with van der Waals surface area (Å²) in [6, 6.07) is 0. The molecule has 1 aliphatic rings. The molecule has 30 heavy (non-hydrogen) atoms. The van der Waals surface area contributed by atoms with Gasteiger partial charge in [0.1, 0.15) is 11.6 Å². The smallest absolute Gasteiger partial charge is 0.306 e. The first-order valence-electron chi connectivity index (χ1n) is 10.9. The van der Waals surface area contributed by atoms with Crippen LogP contribution in [0.4, 0.5) is 4.39 Å². The first-order valence-corrected chi connectivity index (χ1v) is 10.9. The molecule has 0 radical (unpaired) electrons. The molecular formula is C23H38FNO5. The predicted molar refractivity (Wildman–Crippen MR) is 115 cm³/mol. The summed E-state index contributed by atoms with van der Waals surface area (Å²) in [6.07, 6.45) is 10.2. The fraction of sp³-hybridized carbons (Fsp3) is 0.696. The standard InChI is InChI=1S/C23H38FNO5/c1-4-18(23(26)27)12-14-29-20-10-8-11-21(15-20)30-16-22(25)17(3)28-13-7-6-9-19(24)5-2/h5-6,9,18,20-21H,4,7-8,10-16,25H2,1-3H3,(H,26,27)/b9-6-,19-5+,22-17-. The van der Waals surface area contributed by atoms with Gasteiger partial charge in [-0.3, -0.25) is 4.79 Å². The van der Waals surface area contributed by atoms with Gasteiger partial charge in [0, 0.05) is 6.61 Å². The number of carboxylic acids is 1. The molecule has 0 amide bonds. The average Bonchev–Trinajstić information content (AvgIpc) is 2.74. The van der Waals surface area contributed by atoms with E-state index in [4.69, 9.17) is 25.1 Å². The number of aliphatic carboxylic acids is 1. The van der Waals surface area contributed by atoms with Crippen LogP contribution in [0.5, 0.6) is 0 Å². The van der Waals surface area contributed by atoms with Crippen molar-refractivity contribution in [3.8, 4) is 0 Å². The third kappa shape index (κ3) is 10.8. The normalized spacial score (nSPS) is 22.1. The molecule has 0 saturated heterocycles. The molecule has 0 aromatic rings. The monoisotopic (exact) mass is 427 g/mol. The Morgan fingerprint density at radius 2 is 1.97 bits per heavy atom. The lowest BCUT2D eigenvalue weighted by atomic mass is 9.94. The highest BCUT2D eigenvalue weighted by Gasteiger charge is 2.24. The summed E-state index contributed by atoms with van der Waals surface area (Å²) in [5.74, 6) is -0.743. The highest BCUT2D eigenvalue weighted by molar-refractivity contribution is 5.69. The number of carbonyl (C=O) groups is 1. The summed E-state index contributed by atoms with van der Waals surface area (Å²) in [4.78, 5) is 11.1. The first kappa shape index (κ1) is 26.2. The van der Waals surface area contributed by atoms with Crippen LogP contribution in [-0.2, 0) is 19.0 Å². The van der Waals surface area contributed by atoms with E-state index in [0.717, 1.165) is 25.7 Å². The van der Waals surface area contributed by atoms with E-state index in [1.807, 2.05) is 6.92 Å². The Kier molecular flexibility index (Phi) is 13.1. The lowest BCUT2D eigenvalue weighted by Gasteiger charge is -2.29. The van der Waals surface area contributed by atoms with Crippen LogP contribution in [-0.4, -0.2) is 43.1 Å². The van der Waals surface area contributed by atoms with Crippen LogP contribution in [0.15, 0.2) is 35.5 Å². The van der Waals surface area contributed by atoms with Crippen molar-refractivity contribution in [2.75, 3.05) is 19.8 Å². The van der Waals surface area contributed by atoms with Gasteiger partial charge in [0.15, 0.2) is 0 Å². The molecule has 1 fully saturated rings. The fourth-order valence-corrected chi connectivity index (χ4v) is 3.26.